The van der Waals surface area contributed by atoms with Crippen LogP contribution < -0.4 is 15.4 Å². The number of aliphatic imine (C=N–C) groups is 1. The highest BCUT2D eigenvalue weighted by molar-refractivity contribution is 6.36. The zero-order valence-corrected chi connectivity index (χ0v) is 15.8. The van der Waals surface area contributed by atoms with Crippen LogP contribution in [0.15, 0.2) is 35.5 Å². The number of H-pyrrole nitrogens is 1. The summed E-state index contributed by atoms with van der Waals surface area (Å²) in [6, 6.07) is 7.54. The van der Waals surface area contributed by atoms with Gasteiger partial charge in [-0.15, -0.1) is 0 Å². The number of amidine groups is 1. The minimum Gasteiger partial charge on any atom is -0.495 e. The Labute approximate surface area is 158 Å². The van der Waals surface area contributed by atoms with Crippen molar-refractivity contribution in [3.8, 4) is 5.75 Å². The fraction of sp³-hybridized carbons (Fsp3) is 0.300. The van der Waals surface area contributed by atoms with Crippen molar-refractivity contribution in [2.75, 3.05) is 38.0 Å². The summed E-state index contributed by atoms with van der Waals surface area (Å²) in [5.74, 6) is 1.33. The van der Waals surface area contributed by atoms with E-state index in [1.165, 1.54) is 0 Å². The summed E-state index contributed by atoms with van der Waals surface area (Å²) in [6.45, 7) is 3.27. The summed E-state index contributed by atoms with van der Waals surface area (Å²) in [5, 5.41) is 6.23. The standard InChI is InChI=1S/C20H24N4O3/c1-13(21-9-5-11-26-2)23-15-6-4-7-16-19(15)14(20(25)24-16)12-17-18(27-3)8-10-22-17/h4,6-8,10,12,22H,5,9,11H2,1-3H3,(H,21,23)(H,24,25)/b14-12-. The van der Waals surface area contributed by atoms with Gasteiger partial charge in [0, 0.05) is 37.7 Å². The number of rotatable bonds is 7. The first-order valence-corrected chi connectivity index (χ1v) is 8.79. The summed E-state index contributed by atoms with van der Waals surface area (Å²) in [6.07, 6.45) is 4.44. The van der Waals surface area contributed by atoms with E-state index in [-0.39, 0.29) is 5.91 Å². The average Bonchev–Trinajstić information content (AvgIpc) is 3.24. The van der Waals surface area contributed by atoms with Gasteiger partial charge in [0.05, 0.1) is 29.9 Å². The van der Waals surface area contributed by atoms with Crippen LogP contribution in [0, 0.1) is 0 Å². The molecule has 0 atom stereocenters. The molecule has 0 radical (unpaired) electrons. The molecule has 3 rings (SSSR count). The Morgan fingerprint density at radius 3 is 2.93 bits per heavy atom. The molecular weight excluding hydrogens is 344 g/mol. The number of amides is 1. The van der Waals surface area contributed by atoms with Gasteiger partial charge >= 0.3 is 0 Å². The predicted molar refractivity (Wildman–Crippen MR) is 108 cm³/mol. The predicted octanol–water partition coefficient (Wildman–Crippen LogP) is 3.38. The van der Waals surface area contributed by atoms with Crippen molar-refractivity contribution < 1.29 is 14.3 Å². The quantitative estimate of drug-likeness (QED) is 0.303. The fourth-order valence-electron chi connectivity index (χ4n) is 2.98. The Morgan fingerprint density at radius 1 is 1.30 bits per heavy atom. The third-order valence-electron chi connectivity index (χ3n) is 4.25. The molecule has 2 heterocycles. The van der Waals surface area contributed by atoms with Gasteiger partial charge in [-0.25, -0.2) is 0 Å². The molecule has 1 aliphatic heterocycles. The highest BCUT2D eigenvalue weighted by atomic mass is 16.5. The number of aromatic nitrogens is 1. The number of hydrogen-bond acceptors (Lipinski definition) is 4. The number of aromatic amines is 1. The molecule has 0 unspecified atom stereocenters. The van der Waals surface area contributed by atoms with E-state index >= 15 is 0 Å². The third kappa shape index (κ3) is 4.20. The molecule has 3 N–H and O–H groups in total. The van der Waals surface area contributed by atoms with Crippen LogP contribution in [0.2, 0.25) is 0 Å². The number of nitrogens with one attached hydrogen (secondary N) is 3. The Bertz CT molecular complexity index is 883. The van der Waals surface area contributed by atoms with E-state index in [1.54, 1.807) is 26.5 Å². The monoisotopic (exact) mass is 368 g/mol. The van der Waals surface area contributed by atoms with Crippen LogP contribution >= 0.6 is 0 Å². The third-order valence-corrected chi connectivity index (χ3v) is 4.25. The second kappa shape index (κ2) is 8.55. The van der Waals surface area contributed by atoms with E-state index in [1.807, 2.05) is 31.2 Å². The van der Waals surface area contributed by atoms with Crippen molar-refractivity contribution in [2.24, 2.45) is 4.99 Å². The lowest BCUT2D eigenvalue weighted by atomic mass is 10.0. The van der Waals surface area contributed by atoms with E-state index < -0.39 is 0 Å². The molecule has 1 aromatic heterocycles. The van der Waals surface area contributed by atoms with E-state index in [9.17, 15) is 4.79 Å². The number of fused-ring (bicyclic) bond motifs is 1. The normalized spacial score (nSPS) is 15.0. The zero-order valence-electron chi connectivity index (χ0n) is 15.8. The number of ether oxygens (including phenoxy) is 2. The van der Waals surface area contributed by atoms with Gasteiger partial charge in [0.25, 0.3) is 5.91 Å². The number of hydrogen-bond donors (Lipinski definition) is 3. The molecule has 1 aromatic carbocycles. The smallest absolute Gasteiger partial charge is 0.256 e. The van der Waals surface area contributed by atoms with Gasteiger partial charge in [0.1, 0.15) is 5.75 Å². The lowest BCUT2D eigenvalue weighted by Gasteiger charge is -2.11. The molecule has 0 saturated carbocycles. The fourth-order valence-corrected chi connectivity index (χ4v) is 2.98. The van der Waals surface area contributed by atoms with Crippen molar-refractivity contribution in [1.29, 1.82) is 0 Å². The average molecular weight is 368 g/mol. The summed E-state index contributed by atoms with van der Waals surface area (Å²) in [7, 11) is 3.28. The van der Waals surface area contributed by atoms with Crippen LogP contribution in [-0.2, 0) is 9.53 Å². The Hall–Kier alpha value is -3.06. The summed E-state index contributed by atoms with van der Waals surface area (Å²) in [5.41, 5.74) is 3.74. The molecule has 27 heavy (non-hydrogen) atoms. The van der Waals surface area contributed by atoms with Gasteiger partial charge in [-0.1, -0.05) is 6.07 Å². The molecule has 7 heteroatoms. The van der Waals surface area contributed by atoms with E-state index in [0.29, 0.717) is 24.5 Å². The highest BCUT2D eigenvalue weighted by Gasteiger charge is 2.27. The maximum atomic E-state index is 12.5. The molecule has 0 spiro atoms. The first-order valence-electron chi connectivity index (χ1n) is 8.79. The summed E-state index contributed by atoms with van der Waals surface area (Å²) in [4.78, 5) is 20.1. The van der Waals surface area contributed by atoms with Gasteiger partial charge in [-0.05, 0) is 37.6 Å². The van der Waals surface area contributed by atoms with Crippen LogP contribution in [0.25, 0.3) is 11.6 Å². The van der Waals surface area contributed by atoms with Crippen molar-refractivity contribution in [3.63, 3.8) is 0 Å². The molecule has 2 aromatic rings. The van der Waals surface area contributed by atoms with Crippen molar-refractivity contribution >= 4 is 34.8 Å². The van der Waals surface area contributed by atoms with Gasteiger partial charge in [0.2, 0.25) is 0 Å². The van der Waals surface area contributed by atoms with Crippen molar-refractivity contribution in [3.05, 3.63) is 41.7 Å². The molecule has 1 aliphatic rings. The van der Waals surface area contributed by atoms with Crippen LogP contribution in [0.4, 0.5) is 11.4 Å². The molecular formula is C20H24N4O3. The van der Waals surface area contributed by atoms with Crippen LogP contribution in [0.3, 0.4) is 0 Å². The number of nitrogens with zero attached hydrogens (tertiary/aromatic N) is 1. The summed E-state index contributed by atoms with van der Waals surface area (Å²) < 4.78 is 10.4. The molecule has 0 saturated heterocycles. The largest absolute Gasteiger partial charge is 0.495 e. The van der Waals surface area contributed by atoms with Crippen LogP contribution in [0.1, 0.15) is 24.6 Å². The number of anilines is 2. The van der Waals surface area contributed by atoms with Crippen molar-refractivity contribution in [2.45, 2.75) is 13.3 Å². The molecule has 1 amide bonds. The van der Waals surface area contributed by atoms with Gasteiger partial charge in [-0.3, -0.25) is 9.79 Å². The molecule has 142 valence electrons. The minimum absolute atomic E-state index is 0.148. The molecule has 0 bridgehead atoms. The maximum absolute atomic E-state index is 12.5. The number of carbonyl (C=O) groups excluding carboxylic acids is 1. The number of methoxy groups -OCH3 is 2. The second-order valence-corrected chi connectivity index (χ2v) is 6.14. The van der Waals surface area contributed by atoms with Crippen LogP contribution in [-0.4, -0.2) is 44.1 Å². The van der Waals surface area contributed by atoms with Gasteiger partial charge in [-0.2, -0.15) is 0 Å². The SMILES string of the molecule is COCCCN=C(C)Nc1cccc2c1/C(=C/c1[nH]ccc1OC)C(=O)N2. The van der Waals surface area contributed by atoms with E-state index in [0.717, 1.165) is 34.9 Å². The Morgan fingerprint density at radius 2 is 2.15 bits per heavy atom. The Kier molecular flexibility index (Phi) is 5.93. The van der Waals surface area contributed by atoms with E-state index in [2.05, 4.69) is 20.6 Å². The van der Waals surface area contributed by atoms with Gasteiger partial charge in [0.15, 0.2) is 0 Å². The number of carbonyl (C=O) groups is 1. The first-order chi connectivity index (χ1) is 13.1. The minimum atomic E-state index is -0.148. The van der Waals surface area contributed by atoms with Gasteiger partial charge < -0.3 is 25.1 Å². The molecule has 0 fully saturated rings. The lowest BCUT2D eigenvalue weighted by Crippen LogP contribution is -2.10. The zero-order chi connectivity index (χ0) is 19.2. The van der Waals surface area contributed by atoms with Crippen molar-refractivity contribution in [1.82, 2.24) is 4.98 Å². The van der Waals surface area contributed by atoms with Crippen LogP contribution in [0.5, 0.6) is 5.75 Å². The van der Waals surface area contributed by atoms with E-state index in [4.69, 9.17) is 9.47 Å². The maximum Gasteiger partial charge on any atom is 0.256 e. The molecule has 7 nitrogen and oxygen atoms in total. The summed E-state index contributed by atoms with van der Waals surface area (Å²) >= 11 is 0. The molecule has 0 aliphatic carbocycles. The highest BCUT2D eigenvalue weighted by Crippen LogP contribution is 2.39. The first kappa shape index (κ1) is 18.7. The topological polar surface area (TPSA) is 87.7 Å². The Balaban J connectivity index is 1.90. The number of benzene rings is 1. The second-order valence-electron chi connectivity index (χ2n) is 6.14. The lowest BCUT2D eigenvalue weighted by molar-refractivity contribution is -0.110.